The minimum Gasteiger partial charge on any atom is -0.147 e. The fourth-order valence-corrected chi connectivity index (χ4v) is 10.8. The maximum atomic E-state index is 2.39. The fourth-order valence-electron chi connectivity index (χ4n) is 4.18. The monoisotopic (exact) mass is 912 g/mol. The molecule has 0 saturated carbocycles. The molecule has 4 aromatic carbocycles. The van der Waals surface area contributed by atoms with E-state index in [2.05, 4.69) is 133 Å². The van der Waals surface area contributed by atoms with Crippen LogP contribution in [0.25, 0.3) is 12.2 Å². The first kappa shape index (κ1) is 40.6. The van der Waals surface area contributed by atoms with Gasteiger partial charge in [-0.3, -0.25) is 0 Å². The number of fused-ring (bicyclic) bond motifs is 2. The zero-order chi connectivity index (χ0) is 21.6. The predicted molar refractivity (Wildman–Crippen MR) is 181 cm³/mol. The summed E-state index contributed by atoms with van der Waals surface area (Å²) < 4.78 is 4.61. The zero-order valence-electron chi connectivity index (χ0n) is 20.3. The fraction of sp³-hybridized carbons (Fsp3) is 0.0667. The predicted octanol–water partition coefficient (Wildman–Crippen LogP) is 9.32. The van der Waals surface area contributed by atoms with Crippen molar-refractivity contribution in [3.63, 3.8) is 0 Å². The average molecular weight is 919 g/mol. The van der Waals surface area contributed by atoms with Crippen molar-refractivity contribution < 1.29 is 46.5 Å². The van der Waals surface area contributed by atoms with Crippen LogP contribution >= 0.6 is 88.2 Å². The minimum atomic E-state index is -0.530. The van der Waals surface area contributed by atoms with Gasteiger partial charge in [0.1, 0.15) is 0 Å². The topological polar surface area (TPSA) is 0 Å². The number of benzene rings is 4. The molecule has 2 unspecified atom stereocenters. The van der Waals surface area contributed by atoms with E-state index in [4.69, 9.17) is 0 Å². The summed E-state index contributed by atoms with van der Waals surface area (Å²) in [7, 11) is 0. The van der Waals surface area contributed by atoms with Crippen molar-refractivity contribution in [2.24, 2.45) is 0 Å². The Morgan fingerprint density at radius 2 is 0.711 bits per heavy atom. The largest absolute Gasteiger partial charge is 0.147 e. The molecule has 200 valence electrons. The summed E-state index contributed by atoms with van der Waals surface area (Å²) in [4.78, 5) is 0. The molecule has 0 bridgehead atoms. The van der Waals surface area contributed by atoms with E-state index in [-0.39, 0.29) is 88.2 Å². The van der Waals surface area contributed by atoms with E-state index in [1.165, 1.54) is 22.3 Å². The van der Waals surface area contributed by atoms with Crippen molar-refractivity contribution in [2.45, 2.75) is 7.25 Å². The summed E-state index contributed by atoms with van der Waals surface area (Å²) in [5.41, 5.74) is 5.92. The van der Waals surface area contributed by atoms with Gasteiger partial charge in [0.2, 0.25) is 0 Å². The zero-order valence-corrected chi connectivity index (χ0v) is 32.8. The van der Waals surface area contributed by atoms with E-state index < -0.39 is 46.5 Å². The molecule has 6 rings (SSSR count). The van der Waals surface area contributed by atoms with E-state index in [0.717, 1.165) is 7.25 Å². The molecule has 0 fully saturated rings. The third-order valence-electron chi connectivity index (χ3n) is 5.79. The summed E-state index contributed by atoms with van der Waals surface area (Å²) in [6.45, 7) is 0. The molecule has 0 spiro atoms. The SMILES string of the molecule is Br.Br.Br.C1=C[CH]([Zr][c]2ccccc2)c2ccccc21.C1=C[CH]([Zr][c]2ccccc2)c2ccccc21.Cl.Cl.Cl. The Labute approximate surface area is 300 Å². The first-order valence-electron chi connectivity index (χ1n) is 11.0. The maximum absolute atomic E-state index is 2.39. The van der Waals surface area contributed by atoms with E-state index in [9.17, 15) is 0 Å². The smallest absolute Gasteiger partial charge is 0.147 e. The van der Waals surface area contributed by atoms with Crippen molar-refractivity contribution in [1.82, 2.24) is 0 Å². The quantitative estimate of drug-likeness (QED) is 0.192. The molecule has 2 atom stereocenters. The van der Waals surface area contributed by atoms with Crippen LogP contribution in [-0.4, -0.2) is 0 Å². The first-order chi connectivity index (χ1) is 15.9. The van der Waals surface area contributed by atoms with Gasteiger partial charge in [0.05, 0.1) is 0 Å². The van der Waals surface area contributed by atoms with Gasteiger partial charge in [0.25, 0.3) is 0 Å². The molecular weight excluding hydrogens is 889 g/mol. The summed E-state index contributed by atoms with van der Waals surface area (Å²) in [5, 5.41) is 0. The molecular formula is C30H30Br3Cl3Zr2. The molecule has 0 saturated heterocycles. The van der Waals surface area contributed by atoms with Crippen LogP contribution in [0.15, 0.2) is 121 Å². The van der Waals surface area contributed by atoms with Crippen molar-refractivity contribution in [3.8, 4) is 0 Å². The number of rotatable bonds is 4. The van der Waals surface area contributed by atoms with Crippen LogP contribution in [0.4, 0.5) is 0 Å². The van der Waals surface area contributed by atoms with Gasteiger partial charge < -0.3 is 0 Å². The van der Waals surface area contributed by atoms with Gasteiger partial charge in [0.15, 0.2) is 0 Å². The van der Waals surface area contributed by atoms with Crippen molar-refractivity contribution in [3.05, 3.63) is 144 Å². The Kier molecular flexibility index (Phi) is 22.6. The Balaban J connectivity index is 0. The molecule has 0 radical (unpaired) electrons. The first-order valence-corrected chi connectivity index (χ1v) is 16.3. The van der Waals surface area contributed by atoms with Gasteiger partial charge in [-0.15, -0.1) is 88.2 Å². The third-order valence-corrected chi connectivity index (χ3v) is 13.1. The van der Waals surface area contributed by atoms with Gasteiger partial charge in [-0.1, -0.05) is 0 Å². The van der Waals surface area contributed by atoms with Crippen molar-refractivity contribution >= 4 is 107 Å². The summed E-state index contributed by atoms with van der Waals surface area (Å²) in [5.74, 6) is 0. The Hall–Kier alpha value is 0.436. The molecule has 8 heteroatoms. The number of hydrogen-bond acceptors (Lipinski definition) is 0. The number of halogens is 6. The molecule has 38 heavy (non-hydrogen) atoms. The van der Waals surface area contributed by atoms with Gasteiger partial charge in [-0.05, 0) is 0 Å². The van der Waals surface area contributed by atoms with Gasteiger partial charge in [0, 0.05) is 0 Å². The van der Waals surface area contributed by atoms with Crippen LogP contribution in [0.2, 0.25) is 0 Å². The Morgan fingerprint density at radius 3 is 1.08 bits per heavy atom. The molecule has 0 aliphatic heterocycles. The van der Waals surface area contributed by atoms with Crippen LogP contribution in [0.5, 0.6) is 0 Å². The maximum Gasteiger partial charge on any atom is -0.147 e. The van der Waals surface area contributed by atoms with Crippen LogP contribution < -0.4 is 6.54 Å². The molecule has 0 nitrogen and oxygen atoms in total. The molecule has 2 aliphatic rings. The molecule has 0 heterocycles. The molecule has 2 aliphatic carbocycles. The molecule has 0 amide bonds. The van der Waals surface area contributed by atoms with Gasteiger partial charge in [-0.2, -0.15) is 0 Å². The standard InChI is InChI=1S/2C9H7.2C6H5.3BrH.3ClH.2Zr/c2*1-2-5-9-7-3-6-8(9)4-1;2*1-2-4-6-5-3-1;;;;;;;;/h2*1-7H;2*1-5H;6*1H;;. The molecule has 0 aromatic heterocycles. The van der Waals surface area contributed by atoms with Crippen LogP contribution in [0.1, 0.15) is 29.5 Å². The molecule has 4 aromatic rings. The number of allylic oxidation sites excluding steroid dienone is 2. The summed E-state index contributed by atoms with van der Waals surface area (Å²) >= 11 is -1.06. The van der Waals surface area contributed by atoms with Crippen LogP contribution in [0, 0.1) is 0 Å². The normalized spacial score (nSPS) is 14.4. The van der Waals surface area contributed by atoms with Crippen molar-refractivity contribution in [1.29, 1.82) is 0 Å². The Morgan fingerprint density at radius 1 is 0.395 bits per heavy atom. The van der Waals surface area contributed by atoms with Crippen LogP contribution in [-0.2, 0) is 46.5 Å². The minimum absolute atomic E-state index is 0. The van der Waals surface area contributed by atoms with E-state index in [1.54, 1.807) is 6.54 Å². The summed E-state index contributed by atoms with van der Waals surface area (Å²) in [6.07, 6.45) is 9.35. The van der Waals surface area contributed by atoms with E-state index in [1.807, 2.05) is 0 Å². The second-order valence-corrected chi connectivity index (χ2v) is 15.3. The third kappa shape index (κ3) is 11.0. The molecule has 0 N–H and O–H groups in total. The Bertz CT molecular complexity index is 1160. The van der Waals surface area contributed by atoms with Gasteiger partial charge >= 0.3 is 216 Å². The van der Waals surface area contributed by atoms with Gasteiger partial charge in [-0.25, -0.2) is 0 Å². The summed E-state index contributed by atoms with van der Waals surface area (Å²) in [6, 6.07) is 39.5. The van der Waals surface area contributed by atoms with E-state index >= 15 is 0 Å². The second-order valence-electron chi connectivity index (χ2n) is 7.95. The van der Waals surface area contributed by atoms with Crippen molar-refractivity contribution in [2.75, 3.05) is 0 Å². The second kappa shape index (κ2) is 21.2. The van der Waals surface area contributed by atoms with E-state index in [0.29, 0.717) is 0 Å². The number of hydrogen-bond donors (Lipinski definition) is 0. The average Bonchev–Trinajstić information content (AvgIpc) is 3.45. The van der Waals surface area contributed by atoms with Crippen LogP contribution in [0.3, 0.4) is 0 Å².